The zero-order valence-corrected chi connectivity index (χ0v) is 16.6. The highest BCUT2D eigenvalue weighted by Crippen LogP contribution is 2.21. The zero-order valence-electron chi connectivity index (χ0n) is 16.6. The number of aliphatic hydroxyl groups excluding tert-OH is 1. The Balaban J connectivity index is 1.80. The average molecular weight is 398 g/mol. The van der Waals surface area contributed by atoms with Gasteiger partial charge in [-0.3, -0.25) is 9.59 Å². The molecule has 150 valence electrons. The number of nitrogens with one attached hydrogen (secondary N) is 1. The molecule has 0 aliphatic carbocycles. The van der Waals surface area contributed by atoms with Gasteiger partial charge < -0.3 is 15.0 Å². The van der Waals surface area contributed by atoms with E-state index in [4.69, 9.17) is 0 Å². The lowest BCUT2D eigenvalue weighted by molar-refractivity contribution is 0.0949. The molecule has 0 aliphatic rings. The van der Waals surface area contributed by atoms with E-state index in [9.17, 15) is 14.7 Å². The highest BCUT2D eigenvalue weighted by Gasteiger charge is 2.18. The lowest BCUT2D eigenvalue weighted by atomic mass is 10.1. The first kappa shape index (κ1) is 19.6. The van der Waals surface area contributed by atoms with E-state index in [-0.39, 0.29) is 17.6 Å². The van der Waals surface area contributed by atoms with Gasteiger partial charge >= 0.3 is 0 Å². The Bertz CT molecular complexity index is 1260. The molecule has 0 fully saturated rings. The summed E-state index contributed by atoms with van der Waals surface area (Å²) < 4.78 is 1.79. The number of pyridine rings is 1. The van der Waals surface area contributed by atoms with Crippen LogP contribution in [0.5, 0.6) is 0 Å². The van der Waals surface area contributed by atoms with Crippen molar-refractivity contribution in [3.05, 3.63) is 111 Å². The third kappa shape index (κ3) is 3.75. The Kier molecular flexibility index (Phi) is 5.46. The molecule has 0 spiro atoms. The molecule has 2 N–H and O–H groups in total. The van der Waals surface area contributed by atoms with Gasteiger partial charge in [-0.05, 0) is 30.7 Å². The van der Waals surface area contributed by atoms with Crippen LogP contribution in [0, 0.1) is 6.92 Å². The third-order valence-electron chi connectivity index (χ3n) is 5.13. The number of nitrogens with zero attached hydrogens (tertiary/aromatic N) is 1. The number of aliphatic hydroxyl groups is 1. The Morgan fingerprint density at radius 1 is 0.967 bits per heavy atom. The molecule has 0 unspecified atom stereocenters. The van der Waals surface area contributed by atoms with Crippen LogP contribution in [-0.2, 0) is 13.2 Å². The van der Waals surface area contributed by atoms with Crippen molar-refractivity contribution in [3.8, 4) is 5.69 Å². The summed E-state index contributed by atoms with van der Waals surface area (Å²) in [6, 6.07) is 22.5. The third-order valence-corrected chi connectivity index (χ3v) is 5.13. The zero-order chi connectivity index (χ0) is 21.1. The molecule has 30 heavy (non-hydrogen) atoms. The summed E-state index contributed by atoms with van der Waals surface area (Å²) >= 11 is 0. The molecule has 0 saturated heterocycles. The predicted octanol–water partition coefficient (Wildman–Crippen LogP) is 3.72. The second-order valence-electron chi connectivity index (χ2n) is 7.22. The fourth-order valence-electron chi connectivity index (χ4n) is 3.52. The second-order valence-corrected chi connectivity index (χ2v) is 7.22. The number of carbonyl (C=O) groups excluding carboxylic acids is 1. The first-order chi connectivity index (χ1) is 14.6. The van der Waals surface area contributed by atoms with E-state index in [2.05, 4.69) is 5.32 Å². The number of fused-ring (bicyclic) bond motifs is 1. The van der Waals surface area contributed by atoms with Gasteiger partial charge in [-0.1, -0.05) is 60.2 Å². The summed E-state index contributed by atoms with van der Waals surface area (Å²) in [6.45, 7) is 2.13. The quantitative estimate of drug-likeness (QED) is 0.538. The van der Waals surface area contributed by atoms with Crippen molar-refractivity contribution in [2.45, 2.75) is 20.1 Å². The summed E-state index contributed by atoms with van der Waals surface area (Å²) in [7, 11) is 0. The largest absolute Gasteiger partial charge is 0.392 e. The van der Waals surface area contributed by atoms with Gasteiger partial charge in [0.05, 0.1) is 12.1 Å². The van der Waals surface area contributed by atoms with Gasteiger partial charge in [0.1, 0.15) is 5.56 Å². The normalized spacial score (nSPS) is 10.9. The van der Waals surface area contributed by atoms with Gasteiger partial charge in [-0.2, -0.15) is 0 Å². The van der Waals surface area contributed by atoms with Crippen LogP contribution in [0.3, 0.4) is 0 Å². The number of aryl methyl sites for hydroxylation is 1. The van der Waals surface area contributed by atoms with E-state index in [1.54, 1.807) is 29.0 Å². The van der Waals surface area contributed by atoms with Gasteiger partial charge in [-0.25, -0.2) is 0 Å². The molecular formula is C25H22N2O3. The Morgan fingerprint density at radius 2 is 1.70 bits per heavy atom. The van der Waals surface area contributed by atoms with Crippen LogP contribution in [0.4, 0.5) is 0 Å². The summed E-state index contributed by atoms with van der Waals surface area (Å²) in [4.78, 5) is 26.0. The molecule has 1 aromatic heterocycles. The van der Waals surface area contributed by atoms with E-state index < -0.39 is 5.91 Å². The fourth-order valence-corrected chi connectivity index (χ4v) is 3.52. The molecule has 0 radical (unpaired) electrons. The second kappa shape index (κ2) is 8.35. The molecule has 1 heterocycles. The van der Waals surface area contributed by atoms with E-state index in [0.717, 1.165) is 16.8 Å². The highest BCUT2D eigenvalue weighted by molar-refractivity contribution is 5.98. The van der Waals surface area contributed by atoms with Crippen LogP contribution in [0.1, 0.15) is 27.0 Å². The van der Waals surface area contributed by atoms with E-state index in [1.807, 2.05) is 61.5 Å². The monoisotopic (exact) mass is 398 g/mol. The average Bonchev–Trinajstić information content (AvgIpc) is 2.79. The summed E-state index contributed by atoms with van der Waals surface area (Å²) in [5.74, 6) is -0.429. The maximum Gasteiger partial charge on any atom is 0.257 e. The maximum absolute atomic E-state index is 13.1. The number of aromatic nitrogens is 1. The van der Waals surface area contributed by atoms with Crippen LogP contribution >= 0.6 is 0 Å². The lowest BCUT2D eigenvalue weighted by Gasteiger charge is -2.16. The first-order valence-corrected chi connectivity index (χ1v) is 9.76. The minimum absolute atomic E-state index is 0.0635. The van der Waals surface area contributed by atoms with Crippen molar-refractivity contribution < 1.29 is 9.90 Å². The highest BCUT2D eigenvalue weighted by atomic mass is 16.3. The molecule has 5 heteroatoms. The molecule has 4 rings (SSSR count). The van der Waals surface area contributed by atoms with E-state index in [1.165, 1.54) is 0 Å². The number of para-hydroxylation sites is 2. The molecule has 0 atom stereocenters. The number of rotatable bonds is 5. The summed E-state index contributed by atoms with van der Waals surface area (Å²) in [6.07, 6.45) is 1.56. The van der Waals surface area contributed by atoms with Crippen molar-refractivity contribution in [1.82, 2.24) is 9.88 Å². The minimum Gasteiger partial charge on any atom is -0.392 e. The van der Waals surface area contributed by atoms with Crippen molar-refractivity contribution in [2.75, 3.05) is 0 Å². The number of hydrogen-bond donors (Lipinski definition) is 2. The standard InChI is InChI=1S/C25H22N2O3/c1-17-10-12-18(13-11-17)14-26-25(30)22-15-27(20-7-3-2-4-8-20)23-19(16-28)6-5-9-21(23)24(22)29/h2-13,15,28H,14,16H2,1H3,(H,26,30). The van der Waals surface area contributed by atoms with Crippen LogP contribution in [0.25, 0.3) is 16.6 Å². The number of benzene rings is 3. The topological polar surface area (TPSA) is 71.3 Å². The molecule has 4 aromatic rings. The Hall–Kier alpha value is -3.70. The Labute approximate surface area is 174 Å². The lowest BCUT2D eigenvalue weighted by Crippen LogP contribution is -2.29. The van der Waals surface area contributed by atoms with Crippen LogP contribution in [-0.4, -0.2) is 15.6 Å². The van der Waals surface area contributed by atoms with Crippen molar-refractivity contribution in [2.24, 2.45) is 0 Å². The van der Waals surface area contributed by atoms with Crippen molar-refractivity contribution in [3.63, 3.8) is 0 Å². The molecule has 5 nitrogen and oxygen atoms in total. The SMILES string of the molecule is Cc1ccc(CNC(=O)c2cn(-c3ccccc3)c3c(CO)cccc3c2=O)cc1. The molecule has 0 bridgehead atoms. The fraction of sp³-hybridized carbons (Fsp3) is 0.120. The summed E-state index contributed by atoms with van der Waals surface area (Å²) in [5.41, 5.74) is 3.84. The van der Waals surface area contributed by atoms with E-state index >= 15 is 0 Å². The molecule has 1 amide bonds. The van der Waals surface area contributed by atoms with Gasteiger partial charge in [0.2, 0.25) is 5.43 Å². The van der Waals surface area contributed by atoms with Crippen LogP contribution in [0.2, 0.25) is 0 Å². The molecular weight excluding hydrogens is 376 g/mol. The maximum atomic E-state index is 13.1. The summed E-state index contributed by atoms with van der Waals surface area (Å²) in [5, 5.41) is 13.1. The van der Waals surface area contributed by atoms with E-state index in [0.29, 0.717) is 23.0 Å². The number of amides is 1. The van der Waals surface area contributed by atoms with Gasteiger partial charge in [0.15, 0.2) is 0 Å². The van der Waals surface area contributed by atoms with Crippen molar-refractivity contribution in [1.29, 1.82) is 0 Å². The predicted molar refractivity (Wildman–Crippen MR) is 118 cm³/mol. The Morgan fingerprint density at radius 3 is 2.40 bits per heavy atom. The van der Waals surface area contributed by atoms with Gasteiger partial charge in [0, 0.05) is 29.4 Å². The van der Waals surface area contributed by atoms with Crippen LogP contribution in [0.15, 0.2) is 83.8 Å². The number of carbonyl (C=O) groups is 1. The minimum atomic E-state index is -0.429. The molecule has 0 aliphatic heterocycles. The smallest absolute Gasteiger partial charge is 0.257 e. The van der Waals surface area contributed by atoms with Crippen molar-refractivity contribution >= 4 is 16.8 Å². The van der Waals surface area contributed by atoms with Gasteiger partial charge in [-0.15, -0.1) is 0 Å². The molecule has 3 aromatic carbocycles. The van der Waals surface area contributed by atoms with Crippen LogP contribution < -0.4 is 10.7 Å². The van der Waals surface area contributed by atoms with Gasteiger partial charge in [0.25, 0.3) is 5.91 Å². The number of hydrogen-bond acceptors (Lipinski definition) is 3. The molecule has 0 saturated carbocycles. The first-order valence-electron chi connectivity index (χ1n) is 9.76.